The summed E-state index contributed by atoms with van der Waals surface area (Å²) >= 11 is 0. The Balaban J connectivity index is 2.10. The minimum atomic E-state index is -0.401. The van der Waals surface area contributed by atoms with Gasteiger partial charge in [0.2, 0.25) is 0 Å². The minimum Gasteiger partial charge on any atom is -0.504 e. The van der Waals surface area contributed by atoms with E-state index in [2.05, 4.69) is 0 Å². The summed E-state index contributed by atoms with van der Waals surface area (Å²) in [6.07, 6.45) is 0.410. The van der Waals surface area contributed by atoms with E-state index in [0.29, 0.717) is 24.4 Å². The van der Waals surface area contributed by atoms with Crippen LogP contribution in [0.1, 0.15) is 23.7 Å². The summed E-state index contributed by atoms with van der Waals surface area (Å²) in [5, 5.41) is 19.2. The highest BCUT2D eigenvalue weighted by Gasteiger charge is 2.29. The molecule has 0 saturated carbocycles. The highest BCUT2D eigenvalue weighted by molar-refractivity contribution is 5.95. The Morgan fingerprint density at radius 1 is 1.53 bits per heavy atom. The predicted molar refractivity (Wildman–Crippen MR) is 70.4 cm³/mol. The second-order valence-corrected chi connectivity index (χ2v) is 4.93. The number of hydrogen-bond acceptors (Lipinski definition) is 4. The Labute approximate surface area is 112 Å². The number of nitrogens with zero attached hydrogens (tertiary/aromatic N) is 1. The van der Waals surface area contributed by atoms with Crippen LogP contribution in [-0.4, -0.2) is 47.3 Å². The first-order valence-corrected chi connectivity index (χ1v) is 6.37. The van der Waals surface area contributed by atoms with Gasteiger partial charge in [-0.15, -0.1) is 0 Å². The van der Waals surface area contributed by atoms with Gasteiger partial charge in [-0.2, -0.15) is 0 Å². The maximum atomic E-state index is 12.3. The lowest BCUT2D eigenvalue weighted by molar-refractivity contribution is 0.0762. The normalized spacial score (nSPS) is 20.4. The Kier molecular flexibility index (Phi) is 3.95. The average molecular weight is 265 g/mol. The third kappa shape index (κ3) is 2.81. The van der Waals surface area contributed by atoms with Crippen LogP contribution in [-0.2, 0) is 0 Å². The van der Waals surface area contributed by atoms with Crippen molar-refractivity contribution in [3.63, 3.8) is 0 Å². The Bertz CT molecular complexity index is 473. The van der Waals surface area contributed by atoms with Crippen LogP contribution in [0.15, 0.2) is 18.2 Å². The first-order valence-electron chi connectivity index (χ1n) is 6.37. The van der Waals surface area contributed by atoms with Crippen molar-refractivity contribution in [2.75, 3.05) is 20.2 Å². The molecule has 1 amide bonds. The number of carbonyl (C=O) groups excluding carboxylic acids is 1. The molecule has 5 nitrogen and oxygen atoms in total. The molecule has 1 saturated heterocycles. The van der Waals surface area contributed by atoms with E-state index in [1.54, 1.807) is 24.0 Å². The highest BCUT2D eigenvalue weighted by Crippen LogP contribution is 2.28. The topological polar surface area (TPSA) is 70.0 Å². The first-order chi connectivity index (χ1) is 9.02. The van der Waals surface area contributed by atoms with Gasteiger partial charge in [-0.3, -0.25) is 4.79 Å². The summed E-state index contributed by atoms with van der Waals surface area (Å²) < 4.78 is 4.95. The van der Waals surface area contributed by atoms with Crippen molar-refractivity contribution >= 4 is 5.91 Å². The van der Waals surface area contributed by atoms with Gasteiger partial charge in [0, 0.05) is 24.6 Å². The van der Waals surface area contributed by atoms with Gasteiger partial charge < -0.3 is 19.8 Å². The van der Waals surface area contributed by atoms with Crippen molar-refractivity contribution in [1.82, 2.24) is 4.90 Å². The number of benzene rings is 1. The summed E-state index contributed by atoms with van der Waals surface area (Å²) in [6, 6.07) is 4.62. The molecular weight excluding hydrogens is 246 g/mol. The number of ether oxygens (including phenoxy) is 1. The van der Waals surface area contributed by atoms with Gasteiger partial charge >= 0.3 is 0 Å². The van der Waals surface area contributed by atoms with Gasteiger partial charge in [0.15, 0.2) is 11.5 Å². The summed E-state index contributed by atoms with van der Waals surface area (Å²) in [5.74, 6) is 0.316. The SMILES string of the molecule is COc1ccc(C(=O)N2CCC(C(C)O)C2)cc1O. The monoisotopic (exact) mass is 265 g/mol. The van der Waals surface area contributed by atoms with Gasteiger partial charge in [0.25, 0.3) is 5.91 Å². The van der Waals surface area contributed by atoms with Crippen LogP contribution in [0.5, 0.6) is 11.5 Å². The predicted octanol–water partition coefficient (Wildman–Crippen LogP) is 1.24. The number of hydrogen-bond donors (Lipinski definition) is 2. The summed E-state index contributed by atoms with van der Waals surface area (Å²) in [7, 11) is 1.46. The maximum Gasteiger partial charge on any atom is 0.254 e. The van der Waals surface area contributed by atoms with Gasteiger partial charge in [-0.05, 0) is 31.5 Å². The fraction of sp³-hybridized carbons (Fsp3) is 0.500. The minimum absolute atomic E-state index is 0.0420. The molecular formula is C14H19NO4. The average Bonchev–Trinajstić information content (AvgIpc) is 2.87. The standard InChI is InChI=1S/C14H19NO4/c1-9(16)11-5-6-15(8-11)14(18)10-3-4-13(19-2)12(17)7-10/h3-4,7,9,11,16-17H,5-6,8H2,1-2H3. The molecule has 5 heteroatoms. The molecule has 1 aliphatic heterocycles. The molecule has 104 valence electrons. The van der Waals surface area contributed by atoms with Crippen molar-refractivity contribution < 1.29 is 19.7 Å². The first kappa shape index (κ1) is 13.7. The summed E-state index contributed by atoms with van der Waals surface area (Å²) in [6.45, 7) is 2.95. The zero-order chi connectivity index (χ0) is 14.0. The molecule has 0 bridgehead atoms. The van der Waals surface area contributed by atoms with Crippen LogP contribution in [0.4, 0.5) is 0 Å². The number of methoxy groups -OCH3 is 1. The molecule has 1 heterocycles. The zero-order valence-electron chi connectivity index (χ0n) is 11.2. The molecule has 2 rings (SSSR count). The second kappa shape index (κ2) is 5.48. The number of rotatable bonds is 3. The van der Waals surface area contributed by atoms with E-state index in [1.807, 2.05) is 0 Å². The number of aliphatic hydroxyl groups is 1. The highest BCUT2D eigenvalue weighted by atomic mass is 16.5. The van der Waals surface area contributed by atoms with Crippen LogP contribution in [0.3, 0.4) is 0 Å². The van der Waals surface area contributed by atoms with E-state index in [-0.39, 0.29) is 17.6 Å². The third-order valence-electron chi connectivity index (χ3n) is 3.62. The summed E-state index contributed by atoms with van der Waals surface area (Å²) in [5.41, 5.74) is 0.435. The van der Waals surface area contributed by atoms with Gasteiger partial charge in [-0.25, -0.2) is 0 Å². The molecule has 2 N–H and O–H groups in total. The van der Waals surface area contributed by atoms with Crippen molar-refractivity contribution in [2.24, 2.45) is 5.92 Å². The molecule has 1 aromatic rings. The lowest BCUT2D eigenvalue weighted by atomic mass is 10.0. The van der Waals surface area contributed by atoms with Crippen LogP contribution in [0.2, 0.25) is 0 Å². The third-order valence-corrected chi connectivity index (χ3v) is 3.62. The van der Waals surface area contributed by atoms with E-state index in [9.17, 15) is 15.0 Å². The van der Waals surface area contributed by atoms with E-state index in [0.717, 1.165) is 6.42 Å². The van der Waals surface area contributed by atoms with Crippen LogP contribution < -0.4 is 4.74 Å². The zero-order valence-corrected chi connectivity index (χ0v) is 11.2. The van der Waals surface area contributed by atoms with E-state index in [1.165, 1.54) is 13.2 Å². The molecule has 0 aliphatic carbocycles. The number of aromatic hydroxyl groups is 1. The maximum absolute atomic E-state index is 12.3. The number of amides is 1. The molecule has 1 fully saturated rings. The Morgan fingerprint density at radius 3 is 2.79 bits per heavy atom. The second-order valence-electron chi connectivity index (χ2n) is 4.93. The van der Waals surface area contributed by atoms with E-state index < -0.39 is 6.10 Å². The molecule has 0 aromatic heterocycles. The van der Waals surface area contributed by atoms with Gasteiger partial charge in [0.1, 0.15) is 0 Å². The van der Waals surface area contributed by atoms with Crippen LogP contribution >= 0.6 is 0 Å². The van der Waals surface area contributed by atoms with E-state index in [4.69, 9.17) is 4.74 Å². The fourth-order valence-corrected chi connectivity index (χ4v) is 2.37. The number of carbonyl (C=O) groups is 1. The number of likely N-dealkylation sites (tertiary alicyclic amines) is 1. The quantitative estimate of drug-likeness (QED) is 0.862. The number of aliphatic hydroxyl groups excluding tert-OH is 1. The van der Waals surface area contributed by atoms with Crippen molar-refractivity contribution in [3.8, 4) is 11.5 Å². The molecule has 0 spiro atoms. The van der Waals surface area contributed by atoms with Crippen molar-refractivity contribution in [1.29, 1.82) is 0 Å². The largest absolute Gasteiger partial charge is 0.504 e. The molecule has 1 aliphatic rings. The molecule has 2 atom stereocenters. The lowest BCUT2D eigenvalue weighted by Gasteiger charge is -2.18. The van der Waals surface area contributed by atoms with Crippen LogP contribution in [0.25, 0.3) is 0 Å². The number of phenols is 1. The van der Waals surface area contributed by atoms with E-state index >= 15 is 0 Å². The van der Waals surface area contributed by atoms with Crippen LogP contribution in [0, 0.1) is 5.92 Å². The molecule has 0 radical (unpaired) electrons. The molecule has 19 heavy (non-hydrogen) atoms. The lowest BCUT2D eigenvalue weighted by Crippen LogP contribution is -2.30. The van der Waals surface area contributed by atoms with Crippen molar-refractivity contribution in [2.45, 2.75) is 19.4 Å². The molecule has 1 aromatic carbocycles. The van der Waals surface area contributed by atoms with Gasteiger partial charge in [-0.1, -0.05) is 0 Å². The molecule has 2 unspecified atom stereocenters. The smallest absolute Gasteiger partial charge is 0.254 e. The number of phenolic OH excluding ortho intramolecular Hbond substituents is 1. The Hall–Kier alpha value is -1.75. The Morgan fingerprint density at radius 2 is 2.26 bits per heavy atom. The van der Waals surface area contributed by atoms with Gasteiger partial charge in [0.05, 0.1) is 13.2 Å². The van der Waals surface area contributed by atoms with Crippen molar-refractivity contribution in [3.05, 3.63) is 23.8 Å². The summed E-state index contributed by atoms with van der Waals surface area (Å²) in [4.78, 5) is 14.0. The fourth-order valence-electron chi connectivity index (χ4n) is 2.37.